The minimum atomic E-state index is -0.347. The van der Waals surface area contributed by atoms with Crippen molar-refractivity contribution in [2.45, 2.75) is 25.1 Å². The van der Waals surface area contributed by atoms with Gasteiger partial charge in [-0.05, 0) is 42.0 Å². The molecule has 9 nitrogen and oxygen atoms in total. The van der Waals surface area contributed by atoms with Gasteiger partial charge in [0.05, 0.1) is 39.4 Å². The highest BCUT2D eigenvalue weighted by atomic mass is 32.1. The van der Waals surface area contributed by atoms with Gasteiger partial charge in [0, 0.05) is 38.1 Å². The Morgan fingerprint density at radius 1 is 1.25 bits per heavy atom. The van der Waals surface area contributed by atoms with Gasteiger partial charge >= 0.3 is 6.09 Å². The van der Waals surface area contributed by atoms with Crippen molar-refractivity contribution >= 4 is 50.1 Å². The number of carbonyl (C=O) groups is 1. The van der Waals surface area contributed by atoms with E-state index in [9.17, 15) is 9.18 Å². The zero-order valence-corrected chi connectivity index (χ0v) is 22.7. The van der Waals surface area contributed by atoms with Gasteiger partial charge in [-0.1, -0.05) is 24.0 Å². The van der Waals surface area contributed by atoms with E-state index in [0.29, 0.717) is 25.3 Å². The number of nitrogens with zero attached hydrogens (tertiary/aromatic N) is 5. The standard InChI is InChI=1S/C29H26FN7O2S/c1-36(2)29(38)39-23-12-21(31-15-23)6-8-24-13-25-27(40-24)28(33-17-32-25)35-22-7-9-26-19(11-22)14-34-37(26)16-18-4-3-5-20(30)10-18/h3-5,7,9-11,13-14,17,21,23,31H,12,15-16H2,1-2H3,(H,32,33,35)/t21-,23-/m1/s1. The number of benzene rings is 2. The van der Waals surface area contributed by atoms with Crippen LogP contribution in [0, 0.1) is 17.7 Å². The molecular formula is C29H26FN7O2S. The fraction of sp³-hybridized carbons (Fsp3) is 0.241. The third-order valence-electron chi connectivity index (χ3n) is 6.53. The largest absolute Gasteiger partial charge is 0.445 e. The van der Waals surface area contributed by atoms with Gasteiger partial charge in [-0.2, -0.15) is 5.10 Å². The molecule has 2 N–H and O–H groups in total. The quantitative estimate of drug-likeness (QED) is 0.302. The molecule has 1 aliphatic rings. The first-order valence-electron chi connectivity index (χ1n) is 12.8. The van der Waals surface area contributed by atoms with Gasteiger partial charge < -0.3 is 15.0 Å². The predicted octanol–water partition coefficient (Wildman–Crippen LogP) is 4.75. The number of rotatable bonds is 5. The van der Waals surface area contributed by atoms with Crippen molar-refractivity contribution in [2.75, 3.05) is 26.0 Å². The van der Waals surface area contributed by atoms with Crippen LogP contribution in [0.4, 0.5) is 20.7 Å². The summed E-state index contributed by atoms with van der Waals surface area (Å²) in [5.41, 5.74) is 3.49. The van der Waals surface area contributed by atoms with Gasteiger partial charge in [-0.15, -0.1) is 11.3 Å². The Morgan fingerprint density at radius 3 is 3.00 bits per heavy atom. The molecule has 1 amide bonds. The van der Waals surface area contributed by atoms with E-state index in [1.807, 2.05) is 35.0 Å². The van der Waals surface area contributed by atoms with E-state index in [-0.39, 0.29) is 24.1 Å². The number of nitrogens with one attached hydrogen (secondary N) is 2. The van der Waals surface area contributed by atoms with Gasteiger partial charge in [0.15, 0.2) is 5.82 Å². The monoisotopic (exact) mass is 555 g/mol. The molecule has 1 fully saturated rings. The number of fused-ring (bicyclic) bond motifs is 2. The minimum Gasteiger partial charge on any atom is -0.445 e. The zero-order chi connectivity index (χ0) is 27.6. The van der Waals surface area contributed by atoms with Crippen LogP contribution in [0.2, 0.25) is 0 Å². The van der Waals surface area contributed by atoms with Gasteiger partial charge in [-0.3, -0.25) is 10.00 Å². The lowest BCUT2D eigenvalue weighted by Crippen LogP contribution is -2.29. The molecule has 202 valence electrons. The van der Waals surface area contributed by atoms with Crippen molar-refractivity contribution in [1.82, 2.24) is 30.0 Å². The molecule has 0 spiro atoms. The molecule has 40 heavy (non-hydrogen) atoms. The maximum atomic E-state index is 13.6. The van der Waals surface area contributed by atoms with Crippen LogP contribution in [0.5, 0.6) is 0 Å². The third-order valence-corrected chi connectivity index (χ3v) is 7.58. The van der Waals surface area contributed by atoms with E-state index in [4.69, 9.17) is 4.74 Å². The molecule has 2 atom stereocenters. The molecule has 0 unspecified atom stereocenters. The molecular weight excluding hydrogens is 529 g/mol. The van der Waals surface area contributed by atoms with E-state index in [2.05, 4.69) is 37.5 Å². The fourth-order valence-corrected chi connectivity index (χ4v) is 5.47. The van der Waals surface area contributed by atoms with Crippen LogP contribution in [0.1, 0.15) is 16.9 Å². The number of anilines is 2. The van der Waals surface area contributed by atoms with Gasteiger partial charge in [0.25, 0.3) is 0 Å². The zero-order valence-electron chi connectivity index (χ0n) is 21.9. The highest BCUT2D eigenvalue weighted by molar-refractivity contribution is 7.20. The normalized spacial score (nSPS) is 16.6. The minimum absolute atomic E-state index is 0.0533. The molecule has 1 saturated heterocycles. The lowest BCUT2D eigenvalue weighted by atomic mass is 10.2. The maximum absolute atomic E-state index is 13.6. The van der Waals surface area contributed by atoms with Gasteiger partial charge in [0.1, 0.15) is 18.2 Å². The Hall–Kier alpha value is -4.53. The molecule has 3 aromatic heterocycles. The number of ether oxygens (including phenoxy) is 1. The maximum Gasteiger partial charge on any atom is 0.409 e. The topological polar surface area (TPSA) is 97.2 Å². The lowest BCUT2D eigenvalue weighted by molar-refractivity contribution is 0.0826. The molecule has 5 aromatic rings. The van der Waals surface area contributed by atoms with Crippen molar-refractivity contribution in [2.24, 2.45) is 0 Å². The summed E-state index contributed by atoms with van der Waals surface area (Å²) in [6.07, 6.45) is 3.44. The van der Waals surface area contributed by atoms with E-state index in [0.717, 1.165) is 37.2 Å². The van der Waals surface area contributed by atoms with Crippen molar-refractivity contribution < 1.29 is 13.9 Å². The van der Waals surface area contributed by atoms with Crippen LogP contribution in [0.3, 0.4) is 0 Å². The fourth-order valence-electron chi connectivity index (χ4n) is 4.55. The van der Waals surface area contributed by atoms with Crippen molar-refractivity contribution in [3.05, 3.63) is 77.3 Å². The first-order chi connectivity index (χ1) is 19.4. The molecule has 2 aromatic carbocycles. The summed E-state index contributed by atoms with van der Waals surface area (Å²) in [7, 11) is 3.33. The number of thiophene rings is 1. The van der Waals surface area contributed by atoms with Gasteiger partial charge in [-0.25, -0.2) is 19.2 Å². The summed E-state index contributed by atoms with van der Waals surface area (Å²) in [5, 5.41) is 12.2. The SMILES string of the molecule is CN(C)C(=O)O[C@H]1CN[C@H](C#Cc2cc3ncnc(Nc4ccc5c(cnn5Cc5cccc(F)c5)c4)c3s2)C1. The van der Waals surface area contributed by atoms with Crippen LogP contribution in [-0.2, 0) is 11.3 Å². The average Bonchev–Trinajstić information content (AvgIpc) is 3.66. The molecule has 0 aliphatic carbocycles. The summed E-state index contributed by atoms with van der Waals surface area (Å²) in [5.74, 6) is 6.93. The summed E-state index contributed by atoms with van der Waals surface area (Å²) in [4.78, 5) is 23.0. The summed E-state index contributed by atoms with van der Waals surface area (Å²) >= 11 is 1.52. The van der Waals surface area contributed by atoms with E-state index in [1.165, 1.54) is 34.7 Å². The lowest BCUT2D eigenvalue weighted by Gasteiger charge is -2.15. The second-order valence-electron chi connectivity index (χ2n) is 9.74. The first kappa shape index (κ1) is 25.7. The number of amides is 1. The smallest absolute Gasteiger partial charge is 0.409 e. The first-order valence-corrected chi connectivity index (χ1v) is 13.6. The predicted molar refractivity (Wildman–Crippen MR) is 153 cm³/mol. The van der Waals surface area contributed by atoms with E-state index < -0.39 is 0 Å². The molecule has 11 heteroatoms. The summed E-state index contributed by atoms with van der Waals surface area (Å²) in [6.45, 7) is 1.07. The number of hydrogen-bond donors (Lipinski definition) is 2. The number of carbonyl (C=O) groups excluding carboxylic acids is 1. The Morgan fingerprint density at radius 2 is 2.15 bits per heavy atom. The third kappa shape index (κ3) is 5.59. The Labute approximate surface area is 234 Å². The molecule has 6 rings (SSSR count). The number of halogens is 1. The van der Waals surface area contributed by atoms with Crippen molar-refractivity contribution in [3.63, 3.8) is 0 Å². The van der Waals surface area contributed by atoms with Crippen LogP contribution in [-0.4, -0.2) is 63.5 Å². The van der Waals surface area contributed by atoms with E-state index in [1.54, 1.807) is 26.4 Å². The Balaban J connectivity index is 1.16. The molecule has 0 saturated carbocycles. The second-order valence-corrected chi connectivity index (χ2v) is 10.8. The summed E-state index contributed by atoms with van der Waals surface area (Å²) < 4.78 is 21.8. The van der Waals surface area contributed by atoms with Crippen LogP contribution in [0.25, 0.3) is 21.1 Å². The second kappa shape index (κ2) is 10.9. The highest BCUT2D eigenvalue weighted by Crippen LogP contribution is 2.31. The molecule has 4 heterocycles. The van der Waals surface area contributed by atoms with E-state index >= 15 is 0 Å². The van der Waals surface area contributed by atoms with Crippen molar-refractivity contribution in [1.29, 1.82) is 0 Å². The van der Waals surface area contributed by atoms with Crippen LogP contribution in [0.15, 0.2) is 61.1 Å². The Kier molecular flexibility index (Phi) is 7.02. The van der Waals surface area contributed by atoms with Crippen LogP contribution >= 0.6 is 11.3 Å². The van der Waals surface area contributed by atoms with Gasteiger partial charge in [0.2, 0.25) is 0 Å². The number of hydrogen-bond acceptors (Lipinski definition) is 8. The summed E-state index contributed by atoms with van der Waals surface area (Å²) in [6, 6.07) is 14.4. The average molecular weight is 556 g/mol. The number of aromatic nitrogens is 4. The Bertz CT molecular complexity index is 1770. The highest BCUT2D eigenvalue weighted by Gasteiger charge is 2.26. The molecule has 0 radical (unpaired) electrons. The molecule has 0 bridgehead atoms. The molecule has 1 aliphatic heterocycles. The van der Waals surface area contributed by atoms with Crippen molar-refractivity contribution in [3.8, 4) is 11.8 Å². The van der Waals surface area contributed by atoms with Crippen LogP contribution < -0.4 is 10.6 Å².